The van der Waals surface area contributed by atoms with Gasteiger partial charge in [-0.05, 0) is 6.42 Å². The number of hydrogen-bond acceptors (Lipinski definition) is 13. The molecule has 0 aromatic rings. The van der Waals surface area contributed by atoms with E-state index in [1.54, 1.807) is 0 Å². The fourth-order valence-electron chi connectivity index (χ4n) is 3.14. The molecule has 0 aliphatic heterocycles. The molecule has 0 spiro atoms. The minimum Gasteiger partial charge on any atom is -0.463 e. The second-order valence-corrected chi connectivity index (χ2v) is 9.06. The fourth-order valence-corrected chi connectivity index (χ4v) is 3.14. The Morgan fingerprint density at radius 2 is 0.705 bits per heavy atom. The van der Waals surface area contributed by atoms with Crippen molar-refractivity contribution in [2.45, 2.75) is 32.6 Å². The molecule has 0 aromatic carbocycles. The van der Waals surface area contributed by atoms with E-state index in [4.69, 9.17) is 63.3 Å². The van der Waals surface area contributed by atoms with Crippen molar-refractivity contribution < 1.29 is 61.6 Å². The molecule has 13 heteroatoms. The molecule has 0 aromatic heterocycles. The number of ether oxygens (including phenoxy) is 12. The van der Waals surface area contributed by atoms with Crippen molar-refractivity contribution in [3.8, 4) is 12.3 Å². The molecule has 0 N–H and O–H groups in total. The predicted molar refractivity (Wildman–Crippen MR) is 163 cm³/mol. The topological polar surface area (TPSA) is 128 Å². The Labute approximate surface area is 264 Å². The van der Waals surface area contributed by atoms with Gasteiger partial charge in [0.15, 0.2) is 0 Å². The summed E-state index contributed by atoms with van der Waals surface area (Å²) in [6.45, 7) is 13.0. The second-order valence-electron chi connectivity index (χ2n) is 9.06. The minimum absolute atomic E-state index is 0.161. The maximum absolute atomic E-state index is 11.4. The van der Waals surface area contributed by atoms with Crippen LogP contribution >= 0.6 is 0 Å². The van der Waals surface area contributed by atoms with Crippen LogP contribution < -0.4 is 0 Å². The van der Waals surface area contributed by atoms with Crippen molar-refractivity contribution in [2.24, 2.45) is 0 Å². The van der Waals surface area contributed by atoms with Gasteiger partial charge in [-0.3, -0.25) is 4.79 Å². The van der Waals surface area contributed by atoms with Gasteiger partial charge in [-0.25, -0.2) is 0 Å². The zero-order valence-corrected chi connectivity index (χ0v) is 27.0. The Morgan fingerprint density at radius 1 is 0.432 bits per heavy atom. The predicted octanol–water partition coefficient (Wildman–Crippen LogP) is 1.93. The molecular weight excluding hydrogens is 580 g/mol. The van der Waals surface area contributed by atoms with E-state index in [0.717, 1.165) is 19.3 Å². The van der Waals surface area contributed by atoms with Gasteiger partial charge in [0.05, 0.1) is 139 Å². The van der Waals surface area contributed by atoms with E-state index in [2.05, 4.69) is 12.8 Å². The summed E-state index contributed by atoms with van der Waals surface area (Å²) in [5.41, 5.74) is 0. The van der Waals surface area contributed by atoms with Crippen LogP contribution in [0.25, 0.3) is 0 Å². The second kappa shape index (κ2) is 39.6. The highest BCUT2D eigenvalue weighted by molar-refractivity contribution is 5.69. The lowest BCUT2D eigenvalue weighted by Crippen LogP contribution is -2.15. The molecule has 260 valence electrons. The highest BCUT2D eigenvalue weighted by Gasteiger charge is 2.02. The van der Waals surface area contributed by atoms with E-state index in [9.17, 15) is 4.79 Å². The monoisotopic (exact) mass is 638 g/mol. The molecule has 0 fully saturated rings. The first-order chi connectivity index (χ1) is 21.8. The summed E-state index contributed by atoms with van der Waals surface area (Å²) >= 11 is 0. The molecular formula is C31H58O13. The number of carbonyl (C=O) groups excluding carboxylic acids is 1. The van der Waals surface area contributed by atoms with Gasteiger partial charge in [-0.1, -0.05) is 25.7 Å². The zero-order valence-electron chi connectivity index (χ0n) is 27.0. The van der Waals surface area contributed by atoms with E-state index in [-0.39, 0.29) is 12.6 Å². The first-order valence-electron chi connectivity index (χ1n) is 15.8. The molecule has 0 radical (unpaired) electrons. The number of unbranched alkanes of at least 4 members (excludes halogenated alkanes) is 2. The normalized spacial score (nSPS) is 11.2. The lowest BCUT2D eigenvalue weighted by molar-refractivity contribution is -0.145. The molecule has 0 heterocycles. The summed E-state index contributed by atoms with van der Waals surface area (Å²) in [6.07, 6.45) is 8.57. The standard InChI is InChI=1S/C31H58O13/c1-3-5-6-7-31(32)44-30-29-43-28-27-42-26-25-41-24-23-40-22-21-39-20-19-38-18-17-37-16-15-36-14-13-35-12-11-34-10-9-33-8-4-2/h2H,3,5-30H2,1H3. The van der Waals surface area contributed by atoms with Crippen LogP contribution in [-0.4, -0.2) is 158 Å². The number of rotatable bonds is 38. The Bertz CT molecular complexity index is 604. The van der Waals surface area contributed by atoms with Crippen LogP contribution in [-0.2, 0) is 61.6 Å². The lowest BCUT2D eigenvalue weighted by Gasteiger charge is -2.09. The molecule has 0 unspecified atom stereocenters. The van der Waals surface area contributed by atoms with Crippen molar-refractivity contribution >= 4 is 5.97 Å². The smallest absolute Gasteiger partial charge is 0.305 e. The number of carbonyl (C=O) groups is 1. The van der Waals surface area contributed by atoms with Gasteiger partial charge >= 0.3 is 5.97 Å². The van der Waals surface area contributed by atoms with Crippen LogP contribution in [0.5, 0.6) is 0 Å². The van der Waals surface area contributed by atoms with Crippen LogP contribution in [0.2, 0.25) is 0 Å². The Morgan fingerprint density at radius 3 is 0.977 bits per heavy atom. The van der Waals surface area contributed by atoms with E-state index in [1.165, 1.54) is 0 Å². The van der Waals surface area contributed by atoms with Gasteiger partial charge < -0.3 is 56.8 Å². The number of terminal acetylenes is 1. The third-order valence-electron chi connectivity index (χ3n) is 5.38. The van der Waals surface area contributed by atoms with Gasteiger partial charge in [0, 0.05) is 6.42 Å². The van der Waals surface area contributed by atoms with Gasteiger partial charge in [0.2, 0.25) is 0 Å². The number of esters is 1. The van der Waals surface area contributed by atoms with Crippen molar-refractivity contribution in [2.75, 3.05) is 152 Å². The number of hydrogen-bond donors (Lipinski definition) is 0. The molecule has 0 aliphatic rings. The van der Waals surface area contributed by atoms with Crippen molar-refractivity contribution in [3.63, 3.8) is 0 Å². The largest absolute Gasteiger partial charge is 0.463 e. The van der Waals surface area contributed by atoms with Crippen molar-refractivity contribution in [1.82, 2.24) is 0 Å². The lowest BCUT2D eigenvalue weighted by atomic mass is 10.2. The molecule has 0 aliphatic carbocycles. The van der Waals surface area contributed by atoms with E-state index in [1.807, 2.05) is 0 Å². The summed E-state index contributed by atoms with van der Waals surface area (Å²) in [7, 11) is 0. The van der Waals surface area contributed by atoms with Gasteiger partial charge in [0.25, 0.3) is 0 Å². The van der Waals surface area contributed by atoms with E-state index in [0.29, 0.717) is 152 Å². The summed E-state index contributed by atoms with van der Waals surface area (Å²) in [6, 6.07) is 0. The quantitative estimate of drug-likeness (QED) is 0.0556. The van der Waals surface area contributed by atoms with Gasteiger partial charge in [-0.15, -0.1) is 6.42 Å². The summed E-state index contributed by atoms with van der Waals surface area (Å²) < 4.78 is 64.5. The first kappa shape index (κ1) is 42.6. The highest BCUT2D eigenvalue weighted by atomic mass is 16.6. The minimum atomic E-state index is -0.161. The zero-order chi connectivity index (χ0) is 31.9. The summed E-state index contributed by atoms with van der Waals surface area (Å²) in [4.78, 5) is 11.4. The van der Waals surface area contributed by atoms with Crippen molar-refractivity contribution in [1.29, 1.82) is 0 Å². The summed E-state index contributed by atoms with van der Waals surface area (Å²) in [5.74, 6) is 2.23. The molecule has 0 saturated carbocycles. The maximum atomic E-state index is 11.4. The molecule has 44 heavy (non-hydrogen) atoms. The van der Waals surface area contributed by atoms with Crippen LogP contribution in [0.1, 0.15) is 32.6 Å². The van der Waals surface area contributed by atoms with Crippen LogP contribution in [0.4, 0.5) is 0 Å². The Hall–Kier alpha value is -1.41. The average molecular weight is 639 g/mol. The molecule has 0 atom stereocenters. The molecule has 0 rings (SSSR count). The maximum Gasteiger partial charge on any atom is 0.305 e. The van der Waals surface area contributed by atoms with E-state index < -0.39 is 0 Å². The Balaban J connectivity index is 3.07. The average Bonchev–Trinajstić information content (AvgIpc) is 3.03. The molecule has 0 saturated heterocycles. The molecule has 0 amide bonds. The van der Waals surface area contributed by atoms with Gasteiger partial charge in [0.1, 0.15) is 13.2 Å². The summed E-state index contributed by atoms with van der Waals surface area (Å²) in [5, 5.41) is 0. The first-order valence-corrected chi connectivity index (χ1v) is 15.8. The molecule has 0 bridgehead atoms. The highest BCUT2D eigenvalue weighted by Crippen LogP contribution is 2.00. The Kier molecular flexibility index (Phi) is 38.3. The third-order valence-corrected chi connectivity index (χ3v) is 5.38. The SMILES string of the molecule is C#CCOCCOCCOCCOCCOCCOCCOCCOCCOCCOCCOCCOC(=O)CCCCC. The van der Waals surface area contributed by atoms with Crippen molar-refractivity contribution in [3.05, 3.63) is 0 Å². The third kappa shape index (κ3) is 38.6. The van der Waals surface area contributed by atoms with Crippen LogP contribution in [0.3, 0.4) is 0 Å². The molecule has 13 nitrogen and oxygen atoms in total. The van der Waals surface area contributed by atoms with E-state index >= 15 is 0 Å². The van der Waals surface area contributed by atoms with Crippen LogP contribution in [0, 0.1) is 12.3 Å². The van der Waals surface area contributed by atoms with Crippen LogP contribution in [0.15, 0.2) is 0 Å². The van der Waals surface area contributed by atoms with Gasteiger partial charge in [-0.2, -0.15) is 0 Å². The fraction of sp³-hybridized carbons (Fsp3) is 0.903.